The average molecular weight is 384 g/mol. The van der Waals surface area contributed by atoms with E-state index in [0.717, 1.165) is 24.0 Å². The van der Waals surface area contributed by atoms with E-state index < -0.39 is 0 Å². The molecule has 1 fully saturated rings. The zero-order valence-electron chi connectivity index (χ0n) is 17.3. The fourth-order valence-electron chi connectivity index (χ4n) is 4.45. The lowest BCUT2D eigenvalue weighted by molar-refractivity contribution is 0.444. The van der Waals surface area contributed by atoms with E-state index >= 15 is 0 Å². The van der Waals surface area contributed by atoms with Gasteiger partial charge in [0.1, 0.15) is 5.75 Å². The van der Waals surface area contributed by atoms with Crippen LogP contribution < -0.4 is 10.2 Å². The van der Waals surface area contributed by atoms with Gasteiger partial charge >= 0.3 is 0 Å². The van der Waals surface area contributed by atoms with Crippen molar-refractivity contribution in [3.8, 4) is 5.75 Å². The number of phenolic OH excluding ortho intramolecular Hbond substituents is 1. The number of aryl methyl sites for hydroxylation is 2. The van der Waals surface area contributed by atoms with E-state index in [0.29, 0.717) is 14.3 Å². The van der Waals surface area contributed by atoms with Gasteiger partial charge in [-0.25, -0.2) is 0 Å². The van der Waals surface area contributed by atoms with E-state index in [-0.39, 0.29) is 5.16 Å². The van der Waals surface area contributed by atoms with Crippen molar-refractivity contribution in [2.45, 2.75) is 65.0 Å². The molecule has 3 rings (SSSR count). The highest BCUT2D eigenvalue weighted by Gasteiger charge is 2.33. The topological polar surface area (TPSA) is 23.5 Å². The van der Waals surface area contributed by atoms with Crippen molar-refractivity contribution in [3.63, 3.8) is 0 Å². The van der Waals surface area contributed by atoms with Gasteiger partial charge in [0.15, 0.2) is 0 Å². The number of hydrogen-bond acceptors (Lipinski definition) is 2. The van der Waals surface area contributed by atoms with Crippen LogP contribution in [0.25, 0.3) is 0 Å². The third-order valence-electron chi connectivity index (χ3n) is 6.14. The first-order chi connectivity index (χ1) is 13.0. The summed E-state index contributed by atoms with van der Waals surface area (Å²) < 4.78 is 0. The zero-order valence-corrected chi connectivity index (χ0v) is 18.3. The first-order valence-electron chi connectivity index (χ1n) is 10.4. The highest BCUT2D eigenvalue weighted by Crippen LogP contribution is 2.51. The quantitative estimate of drug-likeness (QED) is 0.617. The Kier molecular flexibility index (Phi) is 6.48. The van der Waals surface area contributed by atoms with Gasteiger partial charge in [-0.3, -0.25) is 0 Å². The van der Waals surface area contributed by atoms with Crippen LogP contribution in [0.2, 0.25) is 0 Å². The summed E-state index contributed by atoms with van der Waals surface area (Å²) in [5, 5.41) is 12.3. The fraction of sp³-hybridized carbons (Fsp3) is 0.500. The molecule has 1 saturated heterocycles. The molecule has 27 heavy (non-hydrogen) atoms. The summed E-state index contributed by atoms with van der Waals surface area (Å²) in [4.78, 5) is 2.57. The molecule has 0 amide bonds. The summed E-state index contributed by atoms with van der Waals surface area (Å²) in [5.41, 5.74) is 4.77. The number of aromatic hydroxyl groups is 1. The molecule has 1 aliphatic rings. The maximum atomic E-state index is 10.9. The third-order valence-corrected chi connectivity index (χ3v) is 8.29. The number of para-hydroxylation sites is 1. The Morgan fingerprint density at radius 1 is 1.00 bits per heavy atom. The van der Waals surface area contributed by atoms with Gasteiger partial charge in [0.2, 0.25) is 0 Å². The number of nitrogens with zero attached hydrogens (tertiary/aromatic N) is 1. The van der Waals surface area contributed by atoms with Crippen LogP contribution in [-0.2, 0) is 5.16 Å². The molecule has 1 N–H and O–H groups in total. The molecule has 1 unspecified atom stereocenters. The molecule has 1 heterocycles. The molecular formula is C24H34NOP. The summed E-state index contributed by atoms with van der Waals surface area (Å²) in [6, 6.07) is 13.2. The van der Waals surface area contributed by atoms with E-state index in [4.69, 9.17) is 0 Å². The molecule has 0 spiro atoms. The van der Waals surface area contributed by atoms with Crippen LogP contribution in [0.15, 0.2) is 36.4 Å². The molecule has 1 aliphatic heterocycles. The van der Waals surface area contributed by atoms with Gasteiger partial charge in [-0.2, -0.15) is 0 Å². The number of piperidine rings is 1. The Balaban J connectivity index is 2.03. The molecule has 3 heteroatoms. The van der Waals surface area contributed by atoms with Crippen molar-refractivity contribution in [2.75, 3.05) is 18.0 Å². The van der Waals surface area contributed by atoms with Crippen molar-refractivity contribution in [1.29, 1.82) is 0 Å². The van der Waals surface area contributed by atoms with Crippen LogP contribution in [-0.4, -0.2) is 18.2 Å². The van der Waals surface area contributed by atoms with Crippen LogP contribution in [0, 0.1) is 13.8 Å². The predicted molar refractivity (Wildman–Crippen MR) is 120 cm³/mol. The van der Waals surface area contributed by atoms with E-state index in [1.165, 1.54) is 48.9 Å². The Bertz CT molecular complexity index is 776. The highest BCUT2D eigenvalue weighted by atomic mass is 31.1. The van der Waals surface area contributed by atoms with E-state index in [2.05, 4.69) is 62.1 Å². The van der Waals surface area contributed by atoms with E-state index in [1.54, 1.807) is 0 Å². The Labute approximate surface area is 166 Å². The number of benzene rings is 2. The normalized spacial score (nSPS) is 15.6. The van der Waals surface area contributed by atoms with Crippen LogP contribution in [0.5, 0.6) is 5.75 Å². The maximum Gasteiger partial charge on any atom is 0.122 e. The van der Waals surface area contributed by atoms with Crippen LogP contribution in [0.1, 0.15) is 62.6 Å². The monoisotopic (exact) mass is 383 g/mol. The summed E-state index contributed by atoms with van der Waals surface area (Å²) in [6.07, 6.45) is 6.01. The molecule has 0 saturated carbocycles. The summed E-state index contributed by atoms with van der Waals surface area (Å²) in [6.45, 7) is 11.0. The highest BCUT2D eigenvalue weighted by molar-refractivity contribution is 7.49. The summed E-state index contributed by atoms with van der Waals surface area (Å²) >= 11 is 0. The van der Waals surface area contributed by atoms with Crippen LogP contribution in [0.4, 0.5) is 5.69 Å². The van der Waals surface area contributed by atoms with E-state index in [9.17, 15) is 5.11 Å². The first kappa shape index (κ1) is 20.2. The third kappa shape index (κ3) is 4.16. The SMILES string of the molecule is CCC(CC)(Pc1ccccc1N1CCCCC1)c1cc(C)cc(C)c1O. The van der Waals surface area contributed by atoms with Gasteiger partial charge < -0.3 is 10.0 Å². The molecule has 0 bridgehead atoms. The van der Waals surface area contributed by atoms with Gasteiger partial charge in [-0.05, 0) is 62.9 Å². The zero-order chi connectivity index (χ0) is 19.4. The summed E-state index contributed by atoms with van der Waals surface area (Å²) in [5.74, 6) is 0.493. The molecule has 1 atom stereocenters. The molecule has 146 valence electrons. The molecule has 2 nitrogen and oxygen atoms in total. The molecule has 2 aromatic rings. The van der Waals surface area contributed by atoms with Gasteiger partial charge in [0, 0.05) is 29.5 Å². The Morgan fingerprint density at radius 3 is 2.33 bits per heavy atom. The number of hydrogen-bond donors (Lipinski definition) is 1. The number of rotatable bonds is 6. The molecule has 0 aromatic heterocycles. The average Bonchev–Trinajstić information content (AvgIpc) is 2.70. The second-order valence-corrected chi connectivity index (χ2v) is 9.70. The number of phenols is 1. The minimum absolute atomic E-state index is 0.00719. The largest absolute Gasteiger partial charge is 0.507 e. The molecule has 0 radical (unpaired) electrons. The number of anilines is 1. The lowest BCUT2D eigenvalue weighted by Crippen LogP contribution is -2.33. The van der Waals surface area contributed by atoms with Gasteiger partial charge in [0.05, 0.1) is 0 Å². The lowest BCUT2D eigenvalue weighted by atomic mass is 9.89. The van der Waals surface area contributed by atoms with Crippen molar-refractivity contribution >= 4 is 19.6 Å². The van der Waals surface area contributed by atoms with Crippen molar-refractivity contribution in [1.82, 2.24) is 0 Å². The molecule has 2 aromatic carbocycles. The van der Waals surface area contributed by atoms with Crippen LogP contribution >= 0.6 is 8.58 Å². The fourth-order valence-corrected chi connectivity index (χ4v) is 6.19. The van der Waals surface area contributed by atoms with Gasteiger partial charge in [-0.1, -0.05) is 58.3 Å². The molecular weight excluding hydrogens is 349 g/mol. The summed E-state index contributed by atoms with van der Waals surface area (Å²) in [7, 11) is 0.654. The standard InChI is InChI=1S/C24H34NOP/c1-5-24(6-2,20-17-18(3)16-19(4)23(20)26)27-22-13-9-8-12-21(22)25-14-10-7-11-15-25/h8-9,12-13,16-17,26-27H,5-7,10-11,14-15H2,1-4H3. The van der Waals surface area contributed by atoms with Crippen molar-refractivity contribution < 1.29 is 5.11 Å². The predicted octanol–water partition coefficient (Wildman–Crippen LogP) is 6.02. The van der Waals surface area contributed by atoms with Crippen molar-refractivity contribution in [3.05, 3.63) is 53.1 Å². The second-order valence-electron chi connectivity index (χ2n) is 7.96. The van der Waals surface area contributed by atoms with E-state index in [1.807, 2.05) is 6.92 Å². The lowest BCUT2D eigenvalue weighted by Gasteiger charge is -2.37. The van der Waals surface area contributed by atoms with Gasteiger partial charge in [0.25, 0.3) is 0 Å². The second kappa shape index (κ2) is 8.65. The Morgan fingerprint density at radius 2 is 1.67 bits per heavy atom. The molecule has 0 aliphatic carbocycles. The minimum Gasteiger partial charge on any atom is -0.507 e. The first-order valence-corrected chi connectivity index (χ1v) is 11.4. The van der Waals surface area contributed by atoms with Gasteiger partial charge in [-0.15, -0.1) is 0 Å². The van der Waals surface area contributed by atoms with Crippen molar-refractivity contribution in [2.24, 2.45) is 0 Å². The smallest absolute Gasteiger partial charge is 0.122 e. The Hall–Kier alpha value is -1.53. The van der Waals surface area contributed by atoms with Crippen LogP contribution in [0.3, 0.4) is 0 Å². The maximum absolute atomic E-state index is 10.9. The minimum atomic E-state index is -0.00719.